The van der Waals surface area contributed by atoms with Gasteiger partial charge in [0.2, 0.25) is 0 Å². The summed E-state index contributed by atoms with van der Waals surface area (Å²) in [5.74, 6) is 2.26. The quantitative estimate of drug-likeness (QED) is 0.854. The summed E-state index contributed by atoms with van der Waals surface area (Å²) in [5, 5.41) is 4.78. The van der Waals surface area contributed by atoms with E-state index in [9.17, 15) is 0 Å². The van der Waals surface area contributed by atoms with Crippen LogP contribution in [0.1, 0.15) is 58.3 Å². The molecule has 1 aliphatic heterocycles. The first-order valence-corrected chi connectivity index (χ1v) is 10.0. The van der Waals surface area contributed by atoms with Crippen molar-refractivity contribution < 1.29 is 0 Å². The smallest absolute Gasteiger partial charge is 0.0223 e. The molecule has 1 heterocycles. The van der Waals surface area contributed by atoms with Crippen molar-refractivity contribution in [1.29, 1.82) is 0 Å². The van der Waals surface area contributed by atoms with Crippen LogP contribution >= 0.6 is 11.8 Å². The third kappa shape index (κ3) is 3.72. The van der Waals surface area contributed by atoms with Crippen LogP contribution in [0.4, 0.5) is 0 Å². The Bertz CT molecular complexity index is 291. The Morgan fingerprint density at radius 1 is 1.10 bits per heavy atom. The summed E-state index contributed by atoms with van der Waals surface area (Å²) in [7, 11) is 0. The van der Waals surface area contributed by atoms with E-state index in [0.29, 0.717) is 0 Å². The van der Waals surface area contributed by atoms with Gasteiger partial charge in [0, 0.05) is 37.0 Å². The Balaban J connectivity index is 1.50. The maximum absolute atomic E-state index is 3.83. The van der Waals surface area contributed by atoms with Gasteiger partial charge in [0.1, 0.15) is 0 Å². The zero-order valence-electron chi connectivity index (χ0n) is 13.2. The van der Waals surface area contributed by atoms with Crippen molar-refractivity contribution in [3.63, 3.8) is 0 Å². The maximum Gasteiger partial charge on any atom is 0.0223 e. The van der Waals surface area contributed by atoms with Gasteiger partial charge in [-0.05, 0) is 43.8 Å². The molecule has 3 fully saturated rings. The van der Waals surface area contributed by atoms with Gasteiger partial charge in [0.05, 0.1) is 0 Å². The van der Waals surface area contributed by atoms with Crippen molar-refractivity contribution in [3.05, 3.63) is 0 Å². The van der Waals surface area contributed by atoms with Crippen LogP contribution in [0.5, 0.6) is 0 Å². The molecule has 0 spiro atoms. The summed E-state index contributed by atoms with van der Waals surface area (Å²) in [5.41, 5.74) is 0. The summed E-state index contributed by atoms with van der Waals surface area (Å²) in [6.45, 7) is 6.15. The summed E-state index contributed by atoms with van der Waals surface area (Å²) in [6.07, 6.45) is 11.7. The summed E-state index contributed by atoms with van der Waals surface area (Å²) < 4.78 is 0. The van der Waals surface area contributed by atoms with Crippen LogP contribution in [0.2, 0.25) is 0 Å². The molecule has 3 aliphatic rings. The fourth-order valence-electron chi connectivity index (χ4n) is 4.62. The lowest BCUT2D eigenvalue weighted by atomic mass is 9.83. The van der Waals surface area contributed by atoms with E-state index in [1.807, 2.05) is 0 Å². The first-order chi connectivity index (χ1) is 9.86. The molecule has 0 aromatic heterocycles. The van der Waals surface area contributed by atoms with Crippen LogP contribution in [-0.2, 0) is 0 Å². The van der Waals surface area contributed by atoms with Crippen molar-refractivity contribution in [2.24, 2.45) is 5.92 Å². The summed E-state index contributed by atoms with van der Waals surface area (Å²) in [4.78, 5) is 2.84. The number of nitrogens with zero attached hydrogens (tertiary/aromatic N) is 1. The Hall–Kier alpha value is 0.270. The lowest BCUT2D eigenvalue weighted by Gasteiger charge is -2.41. The minimum atomic E-state index is 0.793. The second kappa shape index (κ2) is 7.51. The Morgan fingerprint density at radius 3 is 2.75 bits per heavy atom. The predicted molar refractivity (Wildman–Crippen MR) is 89.5 cm³/mol. The van der Waals surface area contributed by atoms with Crippen LogP contribution in [0.25, 0.3) is 0 Å². The van der Waals surface area contributed by atoms with Gasteiger partial charge in [-0.1, -0.05) is 26.2 Å². The molecule has 3 unspecified atom stereocenters. The SMILES string of the molecule is CCSC1CCC(N2CCNC(C3CCCCC3)C2)C1. The highest BCUT2D eigenvalue weighted by molar-refractivity contribution is 7.99. The van der Waals surface area contributed by atoms with Crippen molar-refractivity contribution in [3.8, 4) is 0 Å². The van der Waals surface area contributed by atoms with E-state index in [1.165, 1.54) is 76.8 Å². The normalized spacial score (nSPS) is 37.4. The number of thioether (sulfide) groups is 1. The van der Waals surface area contributed by atoms with Gasteiger partial charge >= 0.3 is 0 Å². The summed E-state index contributed by atoms with van der Waals surface area (Å²) >= 11 is 2.19. The zero-order chi connectivity index (χ0) is 13.8. The lowest BCUT2D eigenvalue weighted by Crippen LogP contribution is -2.56. The lowest BCUT2D eigenvalue weighted by molar-refractivity contribution is 0.110. The number of hydrogen-bond donors (Lipinski definition) is 1. The van der Waals surface area contributed by atoms with Crippen LogP contribution in [-0.4, -0.2) is 47.6 Å². The van der Waals surface area contributed by atoms with Gasteiger partial charge in [0.25, 0.3) is 0 Å². The Morgan fingerprint density at radius 2 is 1.95 bits per heavy atom. The first kappa shape index (κ1) is 15.2. The molecule has 3 heteroatoms. The first-order valence-electron chi connectivity index (χ1n) is 8.96. The van der Waals surface area contributed by atoms with Crippen molar-refractivity contribution in [2.75, 3.05) is 25.4 Å². The average molecular weight is 297 g/mol. The minimum absolute atomic E-state index is 0.793. The molecule has 2 nitrogen and oxygen atoms in total. The fraction of sp³-hybridized carbons (Fsp3) is 1.00. The number of nitrogens with one attached hydrogen (secondary N) is 1. The second-order valence-corrected chi connectivity index (χ2v) is 8.58. The standard InChI is InChI=1S/C17H32N2S/c1-2-20-16-9-8-15(12-16)19-11-10-18-17(13-19)14-6-4-3-5-7-14/h14-18H,2-13H2,1H3. The Kier molecular flexibility index (Phi) is 5.70. The highest BCUT2D eigenvalue weighted by atomic mass is 32.2. The molecular formula is C17H32N2S. The van der Waals surface area contributed by atoms with E-state index in [2.05, 4.69) is 28.9 Å². The molecule has 0 aromatic carbocycles. The van der Waals surface area contributed by atoms with Gasteiger partial charge in [0.15, 0.2) is 0 Å². The molecule has 3 atom stereocenters. The van der Waals surface area contributed by atoms with E-state index in [1.54, 1.807) is 0 Å². The van der Waals surface area contributed by atoms with Gasteiger partial charge < -0.3 is 5.32 Å². The highest BCUT2D eigenvalue weighted by Crippen LogP contribution is 2.34. The van der Waals surface area contributed by atoms with Crippen LogP contribution in [0.15, 0.2) is 0 Å². The van der Waals surface area contributed by atoms with Crippen molar-refractivity contribution >= 4 is 11.8 Å². The molecule has 0 radical (unpaired) electrons. The van der Waals surface area contributed by atoms with Gasteiger partial charge in [-0.3, -0.25) is 4.90 Å². The topological polar surface area (TPSA) is 15.3 Å². The van der Waals surface area contributed by atoms with Gasteiger partial charge in [-0.2, -0.15) is 11.8 Å². The molecule has 0 bridgehead atoms. The number of rotatable bonds is 4. The molecule has 0 amide bonds. The molecule has 116 valence electrons. The Labute approximate surface area is 129 Å². The van der Waals surface area contributed by atoms with Gasteiger partial charge in [-0.15, -0.1) is 0 Å². The van der Waals surface area contributed by atoms with E-state index in [-0.39, 0.29) is 0 Å². The van der Waals surface area contributed by atoms with Crippen LogP contribution < -0.4 is 5.32 Å². The van der Waals surface area contributed by atoms with Crippen molar-refractivity contribution in [1.82, 2.24) is 10.2 Å². The molecule has 0 aromatic rings. The second-order valence-electron chi connectivity index (χ2n) is 7.00. The molecule has 2 saturated carbocycles. The van der Waals surface area contributed by atoms with Crippen molar-refractivity contribution in [2.45, 2.75) is 75.6 Å². The monoisotopic (exact) mass is 296 g/mol. The van der Waals surface area contributed by atoms with E-state index in [4.69, 9.17) is 0 Å². The third-order valence-corrected chi connectivity index (χ3v) is 6.96. The van der Waals surface area contributed by atoms with Crippen LogP contribution in [0.3, 0.4) is 0 Å². The highest BCUT2D eigenvalue weighted by Gasteiger charge is 2.34. The zero-order valence-corrected chi connectivity index (χ0v) is 14.0. The fourth-order valence-corrected chi connectivity index (χ4v) is 5.75. The number of hydrogen-bond acceptors (Lipinski definition) is 3. The summed E-state index contributed by atoms with van der Waals surface area (Å²) in [6, 6.07) is 1.69. The molecule has 1 saturated heterocycles. The van der Waals surface area contributed by atoms with E-state index in [0.717, 1.165) is 23.3 Å². The van der Waals surface area contributed by atoms with Crippen LogP contribution in [0, 0.1) is 5.92 Å². The predicted octanol–water partition coefficient (Wildman–Crippen LogP) is 3.51. The molecule has 20 heavy (non-hydrogen) atoms. The molecule has 3 rings (SSSR count). The maximum atomic E-state index is 3.83. The number of piperazine rings is 1. The largest absolute Gasteiger partial charge is 0.311 e. The van der Waals surface area contributed by atoms with E-state index < -0.39 is 0 Å². The third-order valence-electron chi connectivity index (χ3n) is 5.73. The molecule has 1 N–H and O–H groups in total. The average Bonchev–Trinajstić information content (AvgIpc) is 2.97. The molecular weight excluding hydrogens is 264 g/mol. The van der Waals surface area contributed by atoms with Gasteiger partial charge in [-0.25, -0.2) is 0 Å². The minimum Gasteiger partial charge on any atom is -0.311 e. The molecule has 2 aliphatic carbocycles. The van der Waals surface area contributed by atoms with E-state index >= 15 is 0 Å².